The first kappa shape index (κ1) is 14.5. The number of ether oxygens (including phenoxy) is 1. The standard InChI is InChI=1S/C15H12BrFO3/c16-13-8-12(17)5-6-14(13)20-9-11-3-1-10(2-4-11)7-15(18)19/h1-6,8H,7,9H2,(H,18,19). The van der Waals surface area contributed by atoms with Gasteiger partial charge in [-0.05, 0) is 45.3 Å². The van der Waals surface area contributed by atoms with Crippen molar-refractivity contribution < 1.29 is 19.0 Å². The third-order valence-corrected chi connectivity index (χ3v) is 3.29. The van der Waals surface area contributed by atoms with Crippen LogP contribution in [0.15, 0.2) is 46.9 Å². The highest BCUT2D eigenvalue weighted by Crippen LogP contribution is 2.26. The number of carbonyl (C=O) groups is 1. The second kappa shape index (κ2) is 6.52. The van der Waals surface area contributed by atoms with Crippen LogP contribution in [0.1, 0.15) is 11.1 Å². The van der Waals surface area contributed by atoms with Crippen LogP contribution in [-0.2, 0) is 17.8 Å². The largest absolute Gasteiger partial charge is 0.488 e. The van der Waals surface area contributed by atoms with Gasteiger partial charge in [0, 0.05) is 0 Å². The Labute approximate surface area is 124 Å². The molecule has 20 heavy (non-hydrogen) atoms. The lowest BCUT2D eigenvalue weighted by atomic mass is 10.1. The molecule has 0 fully saturated rings. The van der Waals surface area contributed by atoms with E-state index in [-0.39, 0.29) is 12.2 Å². The van der Waals surface area contributed by atoms with Crippen molar-refractivity contribution in [2.75, 3.05) is 0 Å². The Hall–Kier alpha value is -1.88. The zero-order valence-electron chi connectivity index (χ0n) is 10.5. The van der Waals surface area contributed by atoms with Crippen molar-refractivity contribution in [1.29, 1.82) is 0 Å². The number of benzene rings is 2. The molecule has 0 bridgehead atoms. The van der Waals surface area contributed by atoms with Crippen LogP contribution in [0.3, 0.4) is 0 Å². The van der Waals surface area contributed by atoms with Crippen LogP contribution in [0.25, 0.3) is 0 Å². The summed E-state index contributed by atoms with van der Waals surface area (Å²) in [4.78, 5) is 10.6. The summed E-state index contributed by atoms with van der Waals surface area (Å²) in [5.41, 5.74) is 1.65. The van der Waals surface area contributed by atoms with E-state index < -0.39 is 5.97 Å². The summed E-state index contributed by atoms with van der Waals surface area (Å²) < 4.78 is 19.1. The van der Waals surface area contributed by atoms with Crippen molar-refractivity contribution in [2.45, 2.75) is 13.0 Å². The molecule has 2 rings (SSSR count). The second-order valence-corrected chi connectivity index (χ2v) is 5.10. The molecule has 1 N–H and O–H groups in total. The molecule has 0 unspecified atom stereocenters. The van der Waals surface area contributed by atoms with Crippen molar-refractivity contribution in [3.63, 3.8) is 0 Å². The van der Waals surface area contributed by atoms with Crippen molar-refractivity contribution in [1.82, 2.24) is 0 Å². The van der Waals surface area contributed by atoms with Gasteiger partial charge in [0.1, 0.15) is 18.2 Å². The molecule has 0 radical (unpaired) electrons. The first-order chi connectivity index (χ1) is 9.54. The van der Waals surface area contributed by atoms with Crippen LogP contribution in [0, 0.1) is 5.82 Å². The predicted molar refractivity (Wildman–Crippen MR) is 76.2 cm³/mol. The monoisotopic (exact) mass is 338 g/mol. The highest BCUT2D eigenvalue weighted by molar-refractivity contribution is 9.10. The van der Waals surface area contributed by atoms with Gasteiger partial charge in [-0.1, -0.05) is 24.3 Å². The Bertz CT molecular complexity index is 611. The van der Waals surface area contributed by atoms with Gasteiger partial charge in [0.2, 0.25) is 0 Å². The highest BCUT2D eigenvalue weighted by atomic mass is 79.9. The van der Waals surface area contributed by atoms with Gasteiger partial charge in [0.15, 0.2) is 0 Å². The third kappa shape index (κ3) is 4.06. The van der Waals surface area contributed by atoms with Crippen LogP contribution < -0.4 is 4.74 Å². The van der Waals surface area contributed by atoms with Crippen LogP contribution in [0.5, 0.6) is 5.75 Å². The van der Waals surface area contributed by atoms with Gasteiger partial charge in [-0.25, -0.2) is 4.39 Å². The van der Waals surface area contributed by atoms with E-state index in [0.29, 0.717) is 16.8 Å². The molecule has 104 valence electrons. The fourth-order valence-electron chi connectivity index (χ4n) is 1.68. The summed E-state index contributed by atoms with van der Waals surface area (Å²) in [5.74, 6) is -0.632. The lowest BCUT2D eigenvalue weighted by molar-refractivity contribution is -0.136. The van der Waals surface area contributed by atoms with Crippen molar-refractivity contribution in [2.24, 2.45) is 0 Å². The Balaban J connectivity index is 1.98. The molecule has 0 spiro atoms. The van der Waals surface area contributed by atoms with Gasteiger partial charge in [0.05, 0.1) is 10.9 Å². The SMILES string of the molecule is O=C(O)Cc1ccc(COc2ccc(F)cc2Br)cc1. The van der Waals surface area contributed by atoms with Crippen molar-refractivity contribution in [3.05, 3.63) is 63.9 Å². The van der Waals surface area contributed by atoms with Crippen LogP contribution in [0.4, 0.5) is 4.39 Å². The average molecular weight is 339 g/mol. The second-order valence-electron chi connectivity index (χ2n) is 4.25. The predicted octanol–water partition coefficient (Wildman–Crippen LogP) is 3.79. The van der Waals surface area contributed by atoms with E-state index in [4.69, 9.17) is 9.84 Å². The molecule has 0 saturated carbocycles. The van der Waals surface area contributed by atoms with Gasteiger partial charge >= 0.3 is 5.97 Å². The number of aliphatic carboxylic acids is 1. The fourth-order valence-corrected chi connectivity index (χ4v) is 2.15. The van der Waals surface area contributed by atoms with Gasteiger partial charge in [-0.15, -0.1) is 0 Å². The molecule has 2 aromatic rings. The summed E-state index contributed by atoms with van der Waals surface area (Å²) in [6, 6.07) is 11.4. The minimum atomic E-state index is -0.857. The summed E-state index contributed by atoms with van der Waals surface area (Å²) >= 11 is 3.23. The number of carboxylic acids is 1. The van der Waals surface area contributed by atoms with E-state index in [2.05, 4.69) is 15.9 Å². The Morgan fingerprint density at radius 1 is 1.15 bits per heavy atom. The molecular weight excluding hydrogens is 327 g/mol. The van der Waals surface area contributed by atoms with E-state index in [1.165, 1.54) is 12.1 Å². The van der Waals surface area contributed by atoms with Crippen LogP contribution in [-0.4, -0.2) is 11.1 Å². The molecule has 0 amide bonds. The zero-order chi connectivity index (χ0) is 14.5. The third-order valence-electron chi connectivity index (χ3n) is 2.67. The molecule has 0 heterocycles. The highest BCUT2D eigenvalue weighted by Gasteiger charge is 2.04. The summed E-state index contributed by atoms with van der Waals surface area (Å²) in [6.45, 7) is 0.331. The first-order valence-corrected chi connectivity index (χ1v) is 6.71. The maximum atomic E-state index is 12.9. The van der Waals surface area contributed by atoms with Gasteiger partial charge in [0.25, 0.3) is 0 Å². The van der Waals surface area contributed by atoms with E-state index in [1.54, 1.807) is 18.2 Å². The Morgan fingerprint density at radius 2 is 1.80 bits per heavy atom. The minimum Gasteiger partial charge on any atom is -0.488 e. The van der Waals surface area contributed by atoms with Crippen LogP contribution in [0.2, 0.25) is 0 Å². The van der Waals surface area contributed by atoms with Crippen LogP contribution >= 0.6 is 15.9 Å². The molecule has 0 atom stereocenters. The zero-order valence-corrected chi connectivity index (χ0v) is 12.1. The van der Waals surface area contributed by atoms with Crippen molar-refractivity contribution in [3.8, 4) is 5.75 Å². The summed E-state index contributed by atoms with van der Waals surface area (Å²) in [6.07, 6.45) is 0.00461. The van der Waals surface area contributed by atoms with Gasteiger partial charge in [-0.2, -0.15) is 0 Å². The summed E-state index contributed by atoms with van der Waals surface area (Å²) in [7, 11) is 0. The first-order valence-electron chi connectivity index (χ1n) is 5.92. The van der Waals surface area contributed by atoms with E-state index >= 15 is 0 Å². The number of halogens is 2. The number of rotatable bonds is 5. The minimum absolute atomic E-state index is 0.00461. The number of hydrogen-bond donors (Lipinski definition) is 1. The molecule has 0 aliphatic carbocycles. The van der Waals surface area contributed by atoms with E-state index in [0.717, 1.165) is 11.1 Å². The smallest absolute Gasteiger partial charge is 0.307 e. The lowest BCUT2D eigenvalue weighted by Gasteiger charge is -2.08. The molecule has 0 aliphatic heterocycles. The maximum Gasteiger partial charge on any atom is 0.307 e. The molecule has 2 aromatic carbocycles. The quantitative estimate of drug-likeness (QED) is 0.901. The van der Waals surface area contributed by atoms with Gasteiger partial charge in [-0.3, -0.25) is 4.79 Å². The molecule has 3 nitrogen and oxygen atoms in total. The molecule has 0 saturated heterocycles. The molecular formula is C15H12BrFO3. The molecule has 5 heteroatoms. The normalized spacial score (nSPS) is 10.3. The summed E-state index contributed by atoms with van der Waals surface area (Å²) in [5, 5.41) is 8.68. The van der Waals surface area contributed by atoms with E-state index in [9.17, 15) is 9.18 Å². The molecule has 0 aromatic heterocycles. The Kier molecular flexibility index (Phi) is 4.74. The number of hydrogen-bond acceptors (Lipinski definition) is 2. The average Bonchev–Trinajstić information content (AvgIpc) is 2.39. The topological polar surface area (TPSA) is 46.5 Å². The van der Waals surface area contributed by atoms with E-state index in [1.807, 2.05) is 12.1 Å². The fraction of sp³-hybridized carbons (Fsp3) is 0.133. The number of carboxylic acid groups (broad SMARTS) is 1. The maximum absolute atomic E-state index is 12.9. The van der Waals surface area contributed by atoms with Gasteiger partial charge < -0.3 is 9.84 Å². The lowest BCUT2D eigenvalue weighted by Crippen LogP contribution is -2.01. The molecule has 0 aliphatic rings. The van der Waals surface area contributed by atoms with Crippen molar-refractivity contribution >= 4 is 21.9 Å². The Morgan fingerprint density at radius 3 is 2.40 bits per heavy atom.